The third kappa shape index (κ3) is 2.90. The molecule has 84 valence electrons. The molecule has 3 N–H and O–H groups in total. The fourth-order valence-electron chi connectivity index (χ4n) is 1.36. The van der Waals surface area contributed by atoms with Crippen molar-refractivity contribution in [3.8, 4) is 0 Å². The number of aryl methyl sites for hydroxylation is 1. The van der Waals surface area contributed by atoms with Crippen molar-refractivity contribution in [2.75, 3.05) is 17.6 Å². The molecule has 5 nitrogen and oxygen atoms in total. The summed E-state index contributed by atoms with van der Waals surface area (Å²) in [5.41, 5.74) is 9.35. The Morgan fingerprint density at radius 3 is 3.00 bits per heavy atom. The van der Waals surface area contributed by atoms with Crippen molar-refractivity contribution in [1.29, 1.82) is 0 Å². The highest BCUT2D eigenvalue weighted by Crippen LogP contribution is 2.07. The highest BCUT2D eigenvalue weighted by atomic mass is 32.1. The molecule has 0 radical (unpaired) electrons. The van der Waals surface area contributed by atoms with Gasteiger partial charge in [0.15, 0.2) is 0 Å². The van der Waals surface area contributed by atoms with Gasteiger partial charge in [0.2, 0.25) is 5.95 Å². The van der Waals surface area contributed by atoms with E-state index in [-0.39, 0.29) is 0 Å². The molecule has 2 heterocycles. The van der Waals surface area contributed by atoms with E-state index in [1.54, 1.807) is 11.3 Å². The van der Waals surface area contributed by atoms with Gasteiger partial charge in [-0.15, -0.1) is 11.3 Å². The van der Waals surface area contributed by atoms with E-state index >= 15 is 0 Å². The molecular formula is C10H13N5S. The fourth-order valence-corrected chi connectivity index (χ4v) is 1.95. The number of anilines is 2. The molecule has 0 bridgehead atoms. The molecule has 2 rings (SSSR count). The Hall–Kier alpha value is -1.69. The van der Waals surface area contributed by atoms with Gasteiger partial charge in [-0.2, -0.15) is 4.98 Å². The van der Waals surface area contributed by atoms with Crippen molar-refractivity contribution in [2.45, 2.75) is 13.3 Å². The number of hydrogen-bond donors (Lipinski definition) is 2. The third-order valence-corrected chi connectivity index (χ3v) is 2.68. The zero-order valence-corrected chi connectivity index (χ0v) is 9.79. The average Bonchev–Trinajstić information content (AvgIpc) is 2.69. The molecule has 0 aliphatic heterocycles. The van der Waals surface area contributed by atoms with Gasteiger partial charge in [-0.05, 0) is 6.92 Å². The van der Waals surface area contributed by atoms with Crippen molar-refractivity contribution >= 4 is 23.1 Å². The molecule has 16 heavy (non-hydrogen) atoms. The molecule has 0 amide bonds. The largest absolute Gasteiger partial charge is 0.370 e. The predicted molar refractivity (Wildman–Crippen MR) is 65.5 cm³/mol. The molecule has 0 aliphatic carbocycles. The van der Waals surface area contributed by atoms with Crippen LogP contribution in [0, 0.1) is 6.92 Å². The SMILES string of the molecule is Cc1cc(NCCc2cscn2)nc(N)n1. The Labute approximate surface area is 97.8 Å². The van der Waals surface area contributed by atoms with E-state index in [2.05, 4.69) is 20.3 Å². The second-order valence-electron chi connectivity index (χ2n) is 3.41. The quantitative estimate of drug-likeness (QED) is 0.839. The van der Waals surface area contributed by atoms with Gasteiger partial charge < -0.3 is 11.1 Å². The molecule has 0 aliphatic rings. The lowest BCUT2D eigenvalue weighted by atomic mass is 10.3. The molecule has 2 aromatic heterocycles. The molecule has 0 fully saturated rings. The minimum absolute atomic E-state index is 0.302. The van der Waals surface area contributed by atoms with E-state index < -0.39 is 0 Å². The minimum Gasteiger partial charge on any atom is -0.370 e. The van der Waals surface area contributed by atoms with Crippen LogP contribution in [0.1, 0.15) is 11.4 Å². The van der Waals surface area contributed by atoms with E-state index in [9.17, 15) is 0 Å². The highest BCUT2D eigenvalue weighted by molar-refractivity contribution is 7.07. The molecule has 0 unspecified atom stereocenters. The normalized spacial score (nSPS) is 10.3. The number of nitrogens with zero attached hydrogens (tertiary/aromatic N) is 3. The van der Waals surface area contributed by atoms with Crippen LogP contribution >= 0.6 is 11.3 Å². The number of aromatic nitrogens is 3. The summed E-state index contributed by atoms with van der Waals surface area (Å²) in [6, 6.07) is 1.87. The lowest BCUT2D eigenvalue weighted by Crippen LogP contribution is -2.08. The summed E-state index contributed by atoms with van der Waals surface area (Å²) >= 11 is 1.61. The molecule has 2 aromatic rings. The topological polar surface area (TPSA) is 76.7 Å². The van der Waals surface area contributed by atoms with Crippen LogP contribution in [0.25, 0.3) is 0 Å². The van der Waals surface area contributed by atoms with Crippen LogP contribution in [-0.4, -0.2) is 21.5 Å². The maximum atomic E-state index is 5.55. The van der Waals surface area contributed by atoms with E-state index in [1.165, 1.54) is 0 Å². The van der Waals surface area contributed by atoms with Gasteiger partial charge in [0.05, 0.1) is 11.2 Å². The first-order valence-electron chi connectivity index (χ1n) is 4.96. The molecule has 0 aromatic carbocycles. The summed E-state index contributed by atoms with van der Waals surface area (Å²) in [5.74, 6) is 1.07. The van der Waals surface area contributed by atoms with Gasteiger partial charge in [0.25, 0.3) is 0 Å². The maximum Gasteiger partial charge on any atom is 0.222 e. The monoisotopic (exact) mass is 235 g/mol. The molecule has 0 saturated heterocycles. The van der Waals surface area contributed by atoms with E-state index in [1.807, 2.05) is 23.9 Å². The van der Waals surface area contributed by atoms with Gasteiger partial charge >= 0.3 is 0 Å². The van der Waals surface area contributed by atoms with Gasteiger partial charge in [0, 0.05) is 30.1 Å². The van der Waals surface area contributed by atoms with Crippen molar-refractivity contribution in [2.24, 2.45) is 0 Å². The Morgan fingerprint density at radius 2 is 2.31 bits per heavy atom. The van der Waals surface area contributed by atoms with Crippen LogP contribution in [0.4, 0.5) is 11.8 Å². The Morgan fingerprint density at radius 1 is 1.44 bits per heavy atom. The summed E-state index contributed by atoms with van der Waals surface area (Å²) in [7, 11) is 0. The number of thiazole rings is 1. The van der Waals surface area contributed by atoms with E-state index in [4.69, 9.17) is 5.73 Å². The van der Waals surface area contributed by atoms with Crippen LogP contribution < -0.4 is 11.1 Å². The minimum atomic E-state index is 0.302. The van der Waals surface area contributed by atoms with E-state index in [0.717, 1.165) is 30.2 Å². The second-order valence-corrected chi connectivity index (χ2v) is 4.13. The average molecular weight is 235 g/mol. The zero-order chi connectivity index (χ0) is 11.4. The first-order valence-corrected chi connectivity index (χ1v) is 5.90. The van der Waals surface area contributed by atoms with Crippen molar-refractivity contribution in [3.63, 3.8) is 0 Å². The molecule has 0 spiro atoms. The van der Waals surface area contributed by atoms with Gasteiger partial charge in [-0.1, -0.05) is 0 Å². The summed E-state index contributed by atoms with van der Waals surface area (Å²) in [5, 5.41) is 5.24. The number of nitrogen functional groups attached to an aromatic ring is 1. The number of hydrogen-bond acceptors (Lipinski definition) is 6. The van der Waals surface area contributed by atoms with Crippen molar-refractivity contribution < 1.29 is 0 Å². The predicted octanol–water partition coefficient (Wildman–Crippen LogP) is 1.48. The maximum absolute atomic E-state index is 5.55. The molecule has 6 heteroatoms. The number of rotatable bonds is 4. The number of nitrogens with two attached hydrogens (primary N) is 1. The van der Waals surface area contributed by atoms with E-state index in [0.29, 0.717) is 5.95 Å². The lowest BCUT2D eigenvalue weighted by molar-refractivity contribution is 0.963. The highest BCUT2D eigenvalue weighted by Gasteiger charge is 1.99. The first kappa shape index (κ1) is 10.8. The Balaban J connectivity index is 1.89. The van der Waals surface area contributed by atoms with Crippen LogP contribution in [0.15, 0.2) is 17.0 Å². The molecule has 0 saturated carbocycles. The molecule has 0 atom stereocenters. The fraction of sp³-hybridized carbons (Fsp3) is 0.300. The first-order chi connectivity index (χ1) is 7.74. The van der Waals surface area contributed by atoms with Crippen LogP contribution in [-0.2, 0) is 6.42 Å². The lowest BCUT2D eigenvalue weighted by Gasteiger charge is -2.05. The Bertz CT molecular complexity index is 434. The van der Waals surface area contributed by atoms with Gasteiger partial charge in [-0.25, -0.2) is 9.97 Å². The van der Waals surface area contributed by atoms with Crippen LogP contribution in [0.5, 0.6) is 0 Å². The van der Waals surface area contributed by atoms with Crippen molar-refractivity contribution in [1.82, 2.24) is 15.0 Å². The smallest absolute Gasteiger partial charge is 0.222 e. The zero-order valence-electron chi connectivity index (χ0n) is 8.97. The summed E-state index contributed by atoms with van der Waals surface area (Å²) in [6.45, 7) is 2.68. The number of nitrogens with one attached hydrogen (secondary N) is 1. The third-order valence-electron chi connectivity index (χ3n) is 2.04. The summed E-state index contributed by atoms with van der Waals surface area (Å²) < 4.78 is 0. The molecular weight excluding hydrogens is 222 g/mol. The van der Waals surface area contributed by atoms with Crippen molar-refractivity contribution in [3.05, 3.63) is 28.3 Å². The standard InChI is InChI=1S/C10H13N5S/c1-7-4-9(15-10(11)14-7)12-3-2-8-5-16-6-13-8/h4-6H,2-3H2,1H3,(H3,11,12,14,15). The summed E-state index contributed by atoms with van der Waals surface area (Å²) in [6.07, 6.45) is 0.881. The Kier molecular flexibility index (Phi) is 3.31. The summed E-state index contributed by atoms with van der Waals surface area (Å²) in [4.78, 5) is 12.3. The van der Waals surface area contributed by atoms with Gasteiger partial charge in [0.1, 0.15) is 5.82 Å². The second kappa shape index (κ2) is 4.89. The van der Waals surface area contributed by atoms with Gasteiger partial charge in [-0.3, -0.25) is 0 Å². The van der Waals surface area contributed by atoms with Crippen LogP contribution in [0.2, 0.25) is 0 Å². The van der Waals surface area contributed by atoms with Crippen LogP contribution in [0.3, 0.4) is 0 Å².